The van der Waals surface area contributed by atoms with Gasteiger partial charge in [0.05, 0.1) is 16.1 Å². The molecular weight excluding hydrogens is 580 g/mol. The number of fused-ring (bicyclic) bond motifs is 7. The Bertz CT molecular complexity index is 2430. The molecule has 0 atom stereocenters. The van der Waals surface area contributed by atoms with Gasteiger partial charge < -0.3 is 9.47 Å². The van der Waals surface area contributed by atoms with Crippen LogP contribution in [-0.2, 0) is 5.41 Å². The summed E-state index contributed by atoms with van der Waals surface area (Å²) >= 11 is 7.26. The van der Waals surface area contributed by atoms with Crippen molar-refractivity contribution >= 4 is 61.2 Å². The van der Waals surface area contributed by atoms with Gasteiger partial charge >= 0.3 is 0 Å². The molecule has 0 unspecified atom stereocenters. The van der Waals surface area contributed by atoms with Crippen molar-refractivity contribution in [2.24, 2.45) is 0 Å². The highest BCUT2D eigenvalue weighted by molar-refractivity contribution is 6.34. The highest BCUT2D eigenvalue weighted by Gasteiger charge is 2.37. The molecule has 8 aromatic rings. The molecule has 46 heavy (non-hydrogen) atoms. The van der Waals surface area contributed by atoms with Crippen LogP contribution in [0.25, 0.3) is 49.4 Å². The molecule has 1 heterocycles. The summed E-state index contributed by atoms with van der Waals surface area (Å²) in [5, 5.41) is 5.69. The lowest BCUT2D eigenvalue weighted by Crippen LogP contribution is -2.16. The summed E-state index contributed by atoms with van der Waals surface area (Å²) in [4.78, 5) is 2.36. The van der Waals surface area contributed by atoms with Crippen LogP contribution in [0.1, 0.15) is 25.0 Å². The Morgan fingerprint density at radius 1 is 0.522 bits per heavy atom. The van der Waals surface area contributed by atoms with Gasteiger partial charge in [-0.05, 0) is 82.1 Å². The minimum Gasteiger partial charge on any atom is -0.310 e. The van der Waals surface area contributed by atoms with Crippen molar-refractivity contribution < 1.29 is 0 Å². The minimum atomic E-state index is -0.175. The molecule has 0 spiro atoms. The molecule has 0 aliphatic heterocycles. The number of hydrogen-bond donors (Lipinski definition) is 0. The smallest absolute Gasteiger partial charge is 0.0541 e. The summed E-state index contributed by atoms with van der Waals surface area (Å²) in [7, 11) is 0. The summed E-state index contributed by atoms with van der Waals surface area (Å²) in [5.41, 5.74) is 11.5. The molecule has 0 saturated heterocycles. The van der Waals surface area contributed by atoms with E-state index in [-0.39, 0.29) is 5.41 Å². The fraction of sp³-hybridized carbons (Fsp3) is 0.0698. The zero-order valence-corrected chi connectivity index (χ0v) is 26.5. The van der Waals surface area contributed by atoms with Crippen LogP contribution in [0.5, 0.6) is 0 Å². The molecule has 0 bridgehead atoms. The molecule has 0 radical (unpaired) electrons. The van der Waals surface area contributed by atoms with Crippen LogP contribution in [0.3, 0.4) is 0 Å². The normalized spacial score (nSPS) is 13.3. The Balaban J connectivity index is 1.29. The number of anilines is 3. The fourth-order valence-corrected chi connectivity index (χ4v) is 7.93. The molecule has 0 fully saturated rings. The largest absolute Gasteiger partial charge is 0.310 e. The maximum atomic E-state index is 7.26. The molecule has 1 aliphatic carbocycles. The number of para-hydroxylation sites is 2. The molecule has 1 aromatic heterocycles. The highest BCUT2D eigenvalue weighted by Crippen LogP contribution is 2.53. The van der Waals surface area contributed by atoms with Crippen LogP contribution in [0.2, 0.25) is 5.02 Å². The van der Waals surface area contributed by atoms with Crippen LogP contribution < -0.4 is 4.90 Å². The average Bonchev–Trinajstić information content (AvgIpc) is 3.54. The van der Waals surface area contributed by atoms with Gasteiger partial charge in [-0.3, -0.25) is 0 Å². The second-order valence-corrected chi connectivity index (χ2v) is 13.2. The van der Waals surface area contributed by atoms with Crippen molar-refractivity contribution in [3.8, 4) is 16.8 Å². The summed E-state index contributed by atoms with van der Waals surface area (Å²) < 4.78 is 2.38. The molecule has 0 saturated carbocycles. The number of benzene rings is 7. The summed E-state index contributed by atoms with van der Waals surface area (Å²) in [6.07, 6.45) is 0. The van der Waals surface area contributed by atoms with E-state index in [0.717, 1.165) is 33.3 Å². The van der Waals surface area contributed by atoms with Crippen molar-refractivity contribution in [2.45, 2.75) is 19.3 Å². The predicted molar refractivity (Wildman–Crippen MR) is 196 cm³/mol. The molecule has 3 heteroatoms. The van der Waals surface area contributed by atoms with Crippen LogP contribution in [0.4, 0.5) is 17.1 Å². The van der Waals surface area contributed by atoms with E-state index in [1.807, 2.05) is 0 Å². The van der Waals surface area contributed by atoms with E-state index in [2.05, 4.69) is 175 Å². The third-order valence-corrected chi connectivity index (χ3v) is 10.1. The van der Waals surface area contributed by atoms with Crippen molar-refractivity contribution in [1.29, 1.82) is 0 Å². The van der Waals surface area contributed by atoms with Gasteiger partial charge in [-0.1, -0.05) is 123 Å². The Morgan fingerprint density at radius 3 is 1.96 bits per heavy atom. The van der Waals surface area contributed by atoms with Gasteiger partial charge in [-0.25, -0.2) is 0 Å². The van der Waals surface area contributed by atoms with Crippen molar-refractivity contribution in [1.82, 2.24) is 4.57 Å². The number of nitrogens with zero attached hydrogens (tertiary/aromatic N) is 2. The van der Waals surface area contributed by atoms with E-state index in [4.69, 9.17) is 11.6 Å². The van der Waals surface area contributed by atoms with Gasteiger partial charge in [0.15, 0.2) is 0 Å². The zero-order valence-electron chi connectivity index (χ0n) is 25.7. The molecule has 0 amide bonds. The lowest BCUT2D eigenvalue weighted by molar-refractivity contribution is 0.660. The Hall–Kier alpha value is -5.31. The standard InChI is InChI=1S/C43H31ClN2/c1-43(2)37-19-8-5-18-36(37)42-38(43)26-33(27-39(42)44)45(32-23-22-28-12-3-4-13-29(28)24-32)30-14-11-15-31(25-30)46-40-20-9-6-16-34(40)35-17-7-10-21-41(35)46/h3-27H,1-2H3. The van der Waals surface area contributed by atoms with Crippen LogP contribution >= 0.6 is 11.6 Å². The first-order valence-electron chi connectivity index (χ1n) is 15.8. The van der Waals surface area contributed by atoms with Gasteiger partial charge in [0.1, 0.15) is 0 Å². The molecular formula is C43H31ClN2. The minimum absolute atomic E-state index is 0.175. The first-order valence-corrected chi connectivity index (χ1v) is 16.2. The van der Waals surface area contributed by atoms with Gasteiger partial charge in [-0.15, -0.1) is 0 Å². The summed E-state index contributed by atoms with van der Waals surface area (Å²) in [5.74, 6) is 0. The fourth-order valence-electron chi connectivity index (χ4n) is 7.61. The van der Waals surface area contributed by atoms with E-state index in [0.29, 0.717) is 0 Å². The van der Waals surface area contributed by atoms with E-state index >= 15 is 0 Å². The monoisotopic (exact) mass is 610 g/mol. The number of rotatable bonds is 4. The molecule has 7 aromatic carbocycles. The predicted octanol–water partition coefficient (Wildman–Crippen LogP) is 12.4. The maximum Gasteiger partial charge on any atom is 0.0541 e. The third kappa shape index (κ3) is 3.97. The number of hydrogen-bond acceptors (Lipinski definition) is 1. The quantitative estimate of drug-likeness (QED) is 0.192. The Labute approximate surface area is 273 Å². The van der Waals surface area contributed by atoms with Crippen LogP contribution in [0.15, 0.2) is 152 Å². The maximum absolute atomic E-state index is 7.26. The Morgan fingerprint density at radius 2 is 1.17 bits per heavy atom. The Kier molecular flexibility index (Phi) is 5.94. The molecule has 9 rings (SSSR count). The molecule has 2 nitrogen and oxygen atoms in total. The van der Waals surface area contributed by atoms with E-state index in [1.165, 1.54) is 49.3 Å². The third-order valence-electron chi connectivity index (χ3n) is 9.79. The van der Waals surface area contributed by atoms with Crippen molar-refractivity contribution in [3.05, 3.63) is 168 Å². The van der Waals surface area contributed by atoms with Crippen LogP contribution in [0, 0.1) is 0 Å². The summed E-state index contributed by atoms with van der Waals surface area (Å²) in [6.45, 7) is 4.61. The van der Waals surface area contributed by atoms with Crippen molar-refractivity contribution in [2.75, 3.05) is 4.90 Å². The van der Waals surface area contributed by atoms with E-state index in [9.17, 15) is 0 Å². The van der Waals surface area contributed by atoms with Gasteiger partial charge in [0.25, 0.3) is 0 Å². The second-order valence-electron chi connectivity index (χ2n) is 12.8. The zero-order chi connectivity index (χ0) is 31.0. The first kappa shape index (κ1) is 27.0. The highest BCUT2D eigenvalue weighted by atomic mass is 35.5. The summed E-state index contributed by atoms with van der Waals surface area (Å²) in [6, 6.07) is 54.6. The van der Waals surface area contributed by atoms with E-state index in [1.54, 1.807) is 0 Å². The lowest BCUT2D eigenvalue weighted by atomic mass is 9.82. The van der Waals surface area contributed by atoms with Crippen molar-refractivity contribution in [3.63, 3.8) is 0 Å². The lowest BCUT2D eigenvalue weighted by Gasteiger charge is -2.29. The van der Waals surface area contributed by atoms with Gasteiger partial charge in [-0.2, -0.15) is 0 Å². The average molecular weight is 611 g/mol. The molecule has 220 valence electrons. The SMILES string of the molecule is CC1(C)c2ccccc2-c2c(Cl)cc(N(c3cccc(-n4c5ccccc5c5ccccc54)c3)c3ccc4ccccc4c3)cc21. The van der Waals surface area contributed by atoms with Crippen LogP contribution in [-0.4, -0.2) is 4.57 Å². The van der Waals surface area contributed by atoms with Gasteiger partial charge in [0.2, 0.25) is 0 Å². The topological polar surface area (TPSA) is 8.17 Å². The number of halogens is 1. The second kappa shape index (κ2) is 10.1. The van der Waals surface area contributed by atoms with E-state index < -0.39 is 0 Å². The number of aromatic nitrogens is 1. The molecule has 0 N–H and O–H groups in total. The van der Waals surface area contributed by atoms with Gasteiger partial charge in [0, 0.05) is 44.5 Å². The molecule has 1 aliphatic rings. The first-order chi connectivity index (χ1) is 22.5.